The van der Waals surface area contributed by atoms with Gasteiger partial charge in [-0.1, -0.05) is 0 Å². The minimum absolute atomic E-state index is 0. The van der Waals surface area contributed by atoms with E-state index < -0.39 is 36.4 Å². The summed E-state index contributed by atoms with van der Waals surface area (Å²) in [6.45, 7) is 0. The number of carboxylic acid groups (broad SMARTS) is 3. The molecule has 0 spiro atoms. The minimum atomic E-state index is -2.97. The number of hydrogen-bond acceptors (Lipinski definition) is 7. The van der Waals surface area contributed by atoms with Crippen LogP contribution in [0.3, 0.4) is 0 Å². The molecule has 0 aromatic rings. The molecule has 0 aromatic heterocycles. The van der Waals surface area contributed by atoms with Crippen molar-refractivity contribution in [3.63, 3.8) is 0 Å². The van der Waals surface area contributed by atoms with E-state index in [2.05, 4.69) is 0 Å². The van der Waals surface area contributed by atoms with Gasteiger partial charge in [0, 0.05) is 24.8 Å². The van der Waals surface area contributed by atoms with E-state index in [1.807, 2.05) is 0 Å². The zero-order chi connectivity index (χ0) is 10.6. The van der Waals surface area contributed by atoms with Crippen molar-refractivity contribution >= 4 is 17.9 Å². The Bertz CT molecular complexity index is 238. The van der Waals surface area contributed by atoms with E-state index in [1.165, 1.54) is 0 Å². The summed E-state index contributed by atoms with van der Waals surface area (Å²) in [5, 5.41) is 38.9. The van der Waals surface area contributed by atoms with Crippen molar-refractivity contribution in [1.29, 1.82) is 0 Å². The maximum atomic E-state index is 10.1. The van der Waals surface area contributed by atoms with Gasteiger partial charge in [0.15, 0.2) is 0 Å². The van der Waals surface area contributed by atoms with E-state index in [9.17, 15) is 29.7 Å². The van der Waals surface area contributed by atoms with E-state index in [1.54, 1.807) is 0 Å². The fourth-order valence-corrected chi connectivity index (χ4v) is 0.684. The summed E-state index contributed by atoms with van der Waals surface area (Å²) >= 11 is 0. The van der Waals surface area contributed by atoms with Crippen LogP contribution in [0.4, 0.5) is 0 Å². The van der Waals surface area contributed by atoms with E-state index in [4.69, 9.17) is 5.11 Å². The Balaban J connectivity index is -0.000000720. The Kier molecular flexibility index (Phi) is 11.3. The molecule has 0 amide bonds. The molecular weight excluding hydrogens is 404 g/mol. The van der Waals surface area contributed by atoms with Crippen molar-refractivity contribution in [2.24, 2.45) is 0 Å². The van der Waals surface area contributed by atoms with Crippen LogP contribution in [0.15, 0.2) is 0 Å². The molecule has 82 valence electrons. The zero-order valence-corrected chi connectivity index (χ0v) is 11.8. The molecule has 0 saturated heterocycles. The van der Waals surface area contributed by atoms with E-state index in [0.29, 0.717) is 0 Å². The quantitative estimate of drug-likeness (QED) is 0.445. The van der Waals surface area contributed by atoms with Gasteiger partial charge < -0.3 is 34.8 Å². The molecule has 0 unspecified atom stereocenters. The molecule has 9 heteroatoms. The second-order valence-electron chi connectivity index (χ2n) is 2.42. The Hall–Kier alpha value is 0.110. The summed E-state index contributed by atoms with van der Waals surface area (Å²) in [6, 6.07) is 0. The van der Waals surface area contributed by atoms with Crippen molar-refractivity contribution in [2.75, 3.05) is 0 Å². The van der Waals surface area contributed by atoms with Crippen LogP contribution in [0.1, 0.15) is 12.8 Å². The van der Waals surface area contributed by atoms with Crippen LogP contribution < -0.4 is 44.9 Å². The monoisotopic (exact) mass is 409 g/mol. The molecule has 0 fully saturated rings. The predicted octanol–water partition coefficient (Wildman–Crippen LogP) is -8.25. The fourth-order valence-electron chi connectivity index (χ4n) is 0.684. The molecule has 0 atom stereocenters. The van der Waals surface area contributed by atoms with Gasteiger partial charge >= 0.3 is 51.9 Å². The molecular formula is C6H5AuNaO7+. The summed E-state index contributed by atoms with van der Waals surface area (Å²) in [4.78, 5) is 30.0. The van der Waals surface area contributed by atoms with Crippen LogP contribution in [0.25, 0.3) is 0 Å². The molecule has 0 saturated carbocycles. The third kappa shape index (κ3) is 7.97. The molecule has 15 heavy (non-hydrogen) atoms. The number of carboxylic acids is 3. The molecule has 0 heterocycles. The third-order valence-corrected chi connectivity index (χ3v) is 1.25. The SMILES string of the molecule is O=C([O-])CC(O)(CC(=O)[O-])C(=O)[O-].[Au+3].[Na+]. The van der Waals surface area contributed by atoms with Gasteiger partial charge in [0.05, 0.1) is 5.97 Å². The van der Waals surface area contributed by atoms with Crippen LogP contribution in [0.2, 0.25) is 0 Å². The molecule has 1 N–H and O–H groups in total. The zero-order valence-electron chi connectivity index (χ0n) is 7.61. The van der Waals surface area contributed by atoms with Gasteiger partial charge in [-0.05, 0) is 0 Å². The van der Waals surface area contributed by atoms with Crippen molar-refractivity contribution in [3.05, 3.63) is 0 Å². The average Bonchev–Trinajstić information content (AvgIpc) is 1.82. The Morgan fingerprint density at radius 2 is 1.27 bits per heavy atom. The molecule has 0 bridgehead atoms. The molecule has 0 aliphatic carbocycles. The number of aliphatic hydroxyl groups is 1. The summed E-state index contributed by atoms with van der Waals surface area (Å²) in [7, 11) is 0. The van der Waals surface area contributed by atoms with Gasteiger partial charge in [0.2, 0.25) is 0 Å². The van der Waals surface area contributed by atoms with Crippen molar-refractivity contribution in [1.82, 2.24) is 0 Å². The number of aliphatic carboxylic acids is 3. The fraction of sp³-hybridized carbons (Fsp3) is 0.500. The molecule has 0 radical (unpaired) electrons. The first-order valence-electron chi connectivity index (χ1n) is 3.11. The maximum Gasteiger partial charge on any atom is 3.00 e. The van der Waals surface area contributed by atoms with Gasteiger partial charge in [-0.15, -0.1) is 0 Å². The number of hydrogen-bond donors (Lipinski definition) is 1. The Morgan fingerprint density at radius 1 is 1.00 bits per heavy atom. The van der Waals surface area contributed by atoms with Gasteiger partial charge in [-0.25, -0.2) is 0 Å². The maximum absolute atomic E-state index is 10.1. The van der Waals surface area contributed by atoms with Crippen molar-refractivity contribution < 1.29 is 86.7 Å². The van der Waals surface area contributed by atoms with Gasteiger partial charge in [0.25, 0.3) is 0 Å². The standard InChI is InChI=1S/C6H8O7.Au.Na/c7-3(8)1-6(13,5(11)12)2-4(9)10;;/h13H,1-2H2,(H,7,8)(H,9,10)(H,11,12);;/q;+3;+1/p-3. The summed E-state index contributed by atoms with van der Waals surface area (Å²) < 4.78 is 0. The van der Waals surface area contributed by atoms with Crippen molar-refractivity contribution in [3.8, 4) is 0 Å². The smallest absolute Gasteiger partial charge is 0.550 e. The van der Waals surface area contributed by atoms with Gasteiger partial charge in [-0.3, -0.25) is 0 Å². The van der Waals surface area contributed by atoms with Crippen LogP contribution in [0, 0.1) is 0 Å². The van der Waals surface area contributed by atoms with Crippen LogP contribution >= 0.6 is 0 Å². The molecule has 0 aromatic carbocycles. The molecule has 0 aliphatic rings. The van der Waals surface area contributed by atoms with E-state index in [-0.39, 0.29) is 51.9 Å². The average molecular weight is 409 g/mol. The number of rotatable bonds is 5. The minimum Gasteiger partial charge on any atom is -0.550 e. The first-order chi connectivity index (χ1) is 5.78. The summed E-state index contributed by atoms with van der Waals surface area (Å²) in [6.07, 6.45) is -2.72. The Labute approximate surface area is 122 Å². The van der Waals surface area contributed by atoms with E-state index in [0.717, 1.165) is 0 Å². The van der Waals surface area contributed by atoms with Crippen LogP contribution in [0.5, 0.6) is 0 Å². The van der Waals surface area contributed by atoms with Crippen LogP contribution in [-0.4, -0.2) is 28.6 Å². The number of carbonyl (C=O) groups is 3. The molecule has 7 nitrogen and oxygen atoms in total. The van der Waals surface area contributed by atoms with Gasteiger partial charge in [-0.2, -0.15) is 0 Å². The Morgan fingerprint density at radius 3 is 1.40 bits per heavy atom. The first-order valence-corrected chi connectivity index (χ1v) is 3.11. The van der Waals surface area contributed by atoms with E-state index >= 15 is 0 Å². The summed E-state index contributed by atoms with van der Waals surface area (Å²) in [5.41, 5.74) is -2.97. The molecule has 0 rings (SSSR count). The number of carbonyl (C=O) groups excluding carboxylic acids is 3. The predicted molar refractivity (Wildman–Crippen MR) is 29.2 cm³/mol. The second kappa shape index (κ2) is 8.28. The first kappa shape index (κ1) is 20.5. The second-order valence-corrected chi connectivity index (χ2v) is 2.42. The van der Waals surface area contributed by atoms with Crippen LogP contribution in [-0.2, 0) is 36.8 Å². The normalized spacial score (nSPS) is 9.40. The van der Waals surface area contributed by atoms with Crippen molar-refractivity contribution in [2.45, 2.75) is 18.4 Å². The largest absolute Gasteiger partial charge is 3.00 e. The molecule has 0 aliphatic heterocycles. The van der Waals surface area contributed by atoms with Gasteiger partial charge in [0.1, 0.15) is 5.60 Å². The third-order valence-electron chi connectivity index (χ3n) is 1.25. The summed E-state index contributed by atoms with van der Waals surface area (Å²) in [5.74, 6) is -5.98. The topological polar surface area (TPSA) is 141 Å².